The van der Waals surface area contributed by atoms with Crippen molar-refractivity contribution >= 4 is 28.5 Å². The topological polar surface area (TPSA) is 38.8 Å². The zero-order chi connectivity index (χ0) is 19.5. The van der Waals surface area contributed by atoms with Gasteiger partial charge in [-0.25, -0.2) is 0 Å². The third kappa shape index (κ3) is 3.90. The van der Waals surface area contributed by atoms with Gasteiger partial charge in [0.05, 0.1) is 11.6 Å². The Morgan fingerprint density at radius 3 is 2.68 bits per heavy atom. The summed E-state index contributed by atoms with van der Waals surface area (Å²) in [4.78, 5) is 15.8. The average molecular weight is 489 g/mol. The van der Waals surface area contributed by atoms with E-state index in [9.17, 15) is 4.79 Å². The predicted octanol–water partition coefficient (Wildman–Crippen LogP) is 5.55. The van der Waals surface area contributed by atoms with Crippen molar-refractivity contribution < 1.29 is 14.3 Å². The summed E-state index contributed by atoms with van der Waals surface area (Å²) < 4.78 is 11.9. The number of amides is 1. The first-order chi connectivity index (χ1) is 13.7. The largest absolute Gasteiger partial charge is 0.454 e. The fourth-order valence-electron chi connectivity index (χ4n) is 4.05. The Bertz CT molecular complexity index is 894. The molecule has 2 aromatic rings. The average Bonchev–Trinajstić information content (AvgIpc) is 3.19. The summed E-state index contributed by atoms with van der Waals surface area (Å²) in [5.41, 5.74) is 3.20. The van der Waals surface area contributed by atoms with E-state index in [0.717, 1.165) is 28.4 Å². The van der Waals surface area contributed by atoms with E-state index >= 15 is 0 Å². The van der Waals surface area contributed by atoms with Gasteiger partial charge in [0.15, 0.2) is 11.5 Å². The van der Waals surface area contributed by atoms with Gasteiger partial charge in [-0.05, 0) is 66.5 Å². The van der Waals surface area contributed by atoms with Crippen LogP contribution in [0.3, 0.4) is 0 Å². The van der Waals surface area contributed by atoms with Crippen LogP contribution in [0.25, 0.3) is 0 Å². The molecule has 1 heterocycles. The van der Waals surface area contributed by atoms with Crippen molar-refractivity contribution in [2.24, 2.45) is 0 Å². The number of nitrogens with zero attached hydrogens (tertiary/aromatic N) is 1. The minimum atomic E-state index is 0.0535. The lowest BCUT2D eigenvalue weighted by molar-refractivity contribution is 0.0665. The number of fused-ring (bicyclic) bond motifs is 1. The Labute approximate surface area is 179 Å². The summed E-state index contributed by atoms with van der Waals surface area (Å²) in [6.07, 6.45) is 6.63. The maximum absolute atomic E-state index is 13.7. The van der Waals surface area contributed by atoms with E-state index < -0.39 is 0 Å². The maximum atomic E-state index is 13.7. The van der Waals surface area contributed by atoms with Crippen molar-refractivity contribution in [3.8, 4) is 11.5 Å². The summed E-state index contributed by atoms with van der Waals surface area (Å²) in [6, 6.07) is 14.1. The highest BCUT2D eigenvalue weighted by atomic mass is 127. The van der Waals surface area contributed by atoms with Crippen molar-refractivity contribution in [3.05, 3.63) is 68.8 Å². The Hall–Kier alpha value is -2.02. The molecule has 1 aliphatic heterocycles. The maximum Gasteiger partial charge on any atom is 0.255 e. The smallest absolute Gasteiger partial charge is 0.255 e. The van der Waals surface area contributed by atoms with Crippen LogP contribution in [-0.4, -0.2) is 23.6 Å². The molecule has 2 aliphatic rings. The van der Waals surface area contributed by atoms with Crippen molar-refractivity contribution in [1.29, 1.82) is 0 Å². The highest BCUT2D eigenvalue weighted by Gasteiger charge is 2.31. The van der Waals surface area contributed by atoms with Crippen molar-refractivity contribution in [2.45, 2.75) is 45.2 Å². The SMILES string of the molecule is C/C=C1\CCCC[C@H]1N(Cc1ccccc1)C(=O)c1cc2c(cc1I)OCO2. The second-order valence-electron chi connectivity index (χ2n) is 7.23. The van der Waals surface area contributed by atoms with Gasteiger partial charge in [0.1, 0.15) is 0 Å². The summed E-state index contributed by atoms with van der Waals surface area (Å²) >= 11 is 2.22. The van der Waals surface area contributed by atoms with Crippen LogP contribution in [0.2, 0.25) is 0 Å². The van der Waals surface area contributed by atoms with Gasteiger partial charge in [0.2, 0.25) is 6.79 Å². The molecule has 1 saturated carbocycles. The standard InChI is InChI=1S/C23H24INO3/c1-2-17-10-6-7-11-20(17)25(14-16-8-4-3-5-9-16)23(26)18-12-21-22(13-19(18)24)28-15-27-21/h2-5,8-9,12-13,20H,6-7,10-11,14-15H2,1H3/b17-2+/t20-/m1/s1. The van der Waals surface area contributed by atoms with Gasteiger partial charge < -0.3 is 14.4 Å². The van der Waals surface area contributed by atoms with E-state index in [-0.39, 0.29) is 18.7 Å². The van der Waals surface area contributed by atoms with Crippen LogP contribution < -0.4 is 9.47 Å². The highest BCUT2D eigenvalue weighted by molar-refractivity contribution is 14.1. The van der Waals surface area contributed by atoms with E-state index in [1.165, 1.54) is 12.0 Å². The number of carbonyl (C=O) groups excluding carboxylic acids is 1. The van der Waals surface area contributed by atoms with Gasteiger partial charge in [0, 0.05) is 10.1 Å². The predicted molar refractivity (Wildman–Crippen MR) is 118 cm³/mol. The highest BCUT2D eigenvalue weighted by Crippen LogP contribution is 2.37. The Balaban J connectivity index is 1.71. The van der Waals surface area contributed by atoms with Gasteiger partial charge in [-0.1, -0.05) is 48.4 Å². The third-order valence-corrected chi connectivity index (χ3v) is 6.41. The molecule has 0 radical (unpaired) electrons. The summed E-state index contributed by atoms with van der Waals surface area (Å²) in [5.74, 6) is 1.42. The second kappa shape index (κ2) is 8.55. The minimum absolute atomic E-state index is 0.0535. The number of allylic oxidation sites excluding steroid dienone is 1. The molecule has 4 nitrogen and oxygen atoms in total. The summed E-state index contributed by atoms with van der Waals surface area (Å²) in [6.45, 7) is 2.90. The van der Waals surface area contributed by atoms with Gasteiger partial charge in [0.25, 0.3) is 5.91 Å². The minimum Gasteiger partial charge on any atom is -0.454 e. The van der Waals surface area contributed by atoms with Crippen LogP contribution in [0.4, 0.5) is 0 Å². The van der Waals surface area contributed by atoms with Gasteiger partial charge in [-0.2, -0.15) is 0 Å². The van der Waals surface area contributed by atoms with Crippen LogP contribution >= 0.6 is 22.6 Å². The van der Waals surface area contributed by atoms with E-state index in [0.29, 0.717) is 23.6 Å². The Kier molecular flexibility index (Phi) is 5.90. The van der Waals surface area contributed by atoms with E-state index in [1.807, 2.05) is 35.2 Å². The molecule has 1 fully saturated rings. The Morgan fingerprint density at radius 2 is 1.93 bits per heavy atom. The number of rotatable bonds is 4. The summed E-state index contributed by atoms with van der Waals surface area (Å²) in [7, 11) is 0. The first-order valence-electron chi connectivity index (χ1n) is 9.76. The molecule has 0 N–H and O–H groups in total. The third-order valence-electron chi connectivity index (χ3n) is 5.52. The number of halogens is 1. The van der Waals surface area contributed by atoms with Crippen LogP contribution in [0.15, 0.2) is 54.1 Å². The number of benzene rings is 2. The molecule has 1 atom stereocenters. The lowest BCUT2D eigenvalue weighted by Gasteiger charge is -2.37. The van der Waals surface area contributed by atoms with Crippen molar-refractivity contribution in [1.82, 2.24) is 4.90 Å². The van der Waals surface area contributed by atoms with Crippen molar-refractivity contribution in [2.75, 3.05) is 6.79 Å². The molecule has 0 saturated heterocycles. The van der Waals surface area contributed by atoms with Gasteiger partial charge in [-0.3, -0.25) is 4.79 Å². The van der Waals surface area contributed by atoms with E-state index in [2.05, 4.69) is 47.7 Å². The van der Waals surface area contributed by atoms with Crippen LogP contribution in [0, 0.1) is 3.57 Å². The zero-order valence-electron chi connectivity index (χ0n) is 16.0. The first kappa shape index (κ1) is 19.3. The van der Waals surface area contributed by atoms with Crippen molar-refractivity contribution in [3.63, 3.8) is 0 Å². The molecule has 28 heavy (non-hydrogen) atoms. The van der Waals surface area contributed by atoms with Gasteiger partial charge >= 0.3 is 0 Å². The molecule has 1 aliphatic carbocycles. The molecule has 5 heteroatoms. The molecule has 0 aromatic heterocycles. The van der Waals surface area contributed by atoms with Gasteiger partial charge in [-0.15, -0.1) is 0 Å². The molecule has 0 bridgehead atoms. The van der Waals surface area contributed by atoms with Crippen LogP contribution in [-0.2, 0) is 6.54 Å². The first-order valence-corrected chi connectivity index (χ1v) is 10.8. The molecule has 0 unspecified atom stereocenters. The van der Waals surface area contributed by atoms with Crippen LogP contribution in [0.1, 0.15) is 48.5 Å². The number of ether oxygens (including phenoxy) is 2. The fourth-order valence-corrected chi connectivity index (χ4v) is 4.72. The lowest BCUT2D eigenvalue weighted by Crippen LogP contribution is -2.42. The molecule has 146 valence electrons. The second-order valence-corrected chi connectivity index (χ2v) is 8.39. The molecule has 2 aromatic carbocycles. The van der Waals surface area contributed by atoms with E-state index in [4.69, 9.17) is 9.47 Å². The van der Waals surface area contributed by atoms with Crippen LogP contribution in [0.5, 0.6) is 11.5 Å². The quantitative estimate of drug-likeness (QED) is 0.418. The molecular weight excluding hydrogens is 465 g/mol. The monoisotopic (exact) mass is 489 g/mol. The van der Waals surface area contributed by atoms with E-state index in [1.54, 1.807) is 0 Å². The molecule has 1 amide bonds. The lowest BCUT2D eigenvalue weighted by atomic mass is 9.88. The zero-order valence-corrected chi connectivity index (χ0v) is 18.1. The molecule has 0 spiro atoms. The number of hydrogen-bond acceptors (Lipinski definition) is 3. The summed E-state index contributed by atoms with van der Waals surface area (Å²) in [5, 5.41) is 0. The molecule has 4 rings (SSSR count). The normalized spacial score (nSPS) is 19.6. The number of hydrogen-bond donors (Lipinski definition) is 0. The fraction of sp³-hybridized carbons (Fsp3) is 0.348. The molecular formula is C23H24INO3. The number of carbonyl (C=O) groups is 1. The Morgan fingerprint density at radius 1 is 1.18 bits per heavy atom.